The van der Waals surface area contributed by atoms with E-state index in [1.165, 1.54) is 19.4 Å². The Kier molecular flexibility index (Phi) is 4.95. The van der Waals surface area contributed by atoms with E-state index in [4.69, 9.17) is 4.74 Å². The summed E-state index contributed by atoms with van der Waals surface area (Å²) < 4.78 is 87.4. The molecule has 0 saturated heterocycles. The molecule has 0 aliphatic carbocycles. The van der Waals surface area contributed by atoms with Crippen LogP contribution in [0.1, 0.15) is 5.69 Å². The monoisotopic (exact) mass is 425 g/mol. The maximum absolute atomic E-state index is 13.5. The summed E-state index contributed by atoms with van der Waals surface area (Å²) in [5.41, 5.74) is -3.80. The molecule has 0 N–H and O–H groups in total. The summed E-state index contributed by atoms with van der Waals surface area (Å²) in [6.07, 6.45) is -7.66. The van der Waals surface area contributed by atoms with Gasteiger partial charge in [0.2, 0.25) is 0 Å². The van der Waals surface area contributed by atoms with Crippen molar-refractivity contribution >= 4 is 17.0 Å². The average Bonchev–Trinajstić information content (AvgIpc) is 3.06. The highest BCUT2D eigenvalue weighted by atomic mass is 32.1. The molecule has 0 radical (unpaired) electrons. The van der Waals surface area contributed by atoms with Crippen LogP contribution in [0.5, 0.6) is 10.8 Å². The lowest BCUT2D eigenvalue weighted by atomic mass is 10.2. The van der Waals surface area contributed by atoms with Crippen molar-refractivity contribution in [2.45, 2.75) is 12.4 Å². The first-order valence-corrected chi connectivity index (χ1v) is 8.14. The number of alkyl halides is 6. The molecule has 3 aromatic rings. The second-order valence-corrected chi connectivity index (χ2v) is 6.31. The molecule has 0 saturated carbocycles. The zero-order valence-corrected chi connectivity index (χ0v) is 14.6. The zero-order valence-electron chi connectivity index (χ0n) is 13.8. The summed E-state index contributed by atoms with van der Waals surface area (Å²) in [5.74, 6) is 0.185. The van der Waals surface area contributed by atoms with E-state index < -0.39 is 40.8 Å². The minimum atomic E-state index is -5.01. The van der Waals surface area contributed by atoms with Crippen molar-refractivity contribution in [3.63, 3.8) is 0 Å². The van der Waals surface area contributed by atoms with Crippen molar-refractivity contribution in [3.8, 4) is 21.4 Å². The predicted octanol–water partition coefficient (Wildman–Crippen LogP) is 3.79. The summed E-state index contributed by atoms with van der Waals surface area (Å²) >= 11 is 0.376. The highest BCUT2D eigenvalue weighted by Gasteiger charge is 2.39. The number of pyridine rings is 1. The Bertz CT molecular complexity index is 1070. The lowest BCUT2D eigenvalue weighted by Crippen LogP contribution is -2.24. The third-order valence-corrected chi connectivity index (χ3v) is 4.31. The van der Waals surface area contributed by atoms with E-state index in [-0.39, 0.29) is 16.5 Å². The van der Waals surface area contributed by atoms with Gasteiger partial charge < -0.3 is 9.47 Å². The number of ether oxygens (including phenoxy) is 2. The molecule has 0 amide bonds. The minimum Gasteiger partial charge on any atom is -0.497 e. The fraction of sp³-hybridized carbons (Fsp3) is 0.267. The largest absolute Gasteiger partial charge is 0.497 e. The molecule has 0 spiro atoms. The molecule has 3 heterocycles. The molecule has 0 aromatic carbocycles. The van der Waals surface area contributed by atoms with Crippen molar-refractivity contribution in [3.05, 3.63) is 40.6 Å². The van der Waals surface area contributed by atoms with Crippen LogP contribution in [0.4, 0.5) is 26.3 Å². The molecular weight excluding hydrogens is 416 g/mol. The molecule has 0 bridgehead atoms. The maximum atomic E-state index is 13.5. The standard InChI is InChI=1S/C15H9F6N3O3S/c1-26-7-2-3-24-8(4-7)23-11(15(19,20)21)10(13(24)25)12-22-5-9(28-12)27-6-14(16,17)18/h2-5H,6H2,1H3. The Hall–Kier alpha value is -2.83. The Balaban J connectivity index is 2.16. The van der Waals surface area contributed by atoms with Gasteiger partial charge in [-0.15, -0.1) is 0 Å². The topological polar surface area (TPSA) is 65.7 Å². The Labute approximate surface area is 156 Å². The van der Waals surface area contributed by atoms with Gasteiger partial charge in [-0.25, -0.2) is 9.97 Å². The van der Waals surface area contributed by atoms with Crippen molar-refractivity contribution in [2.24, 2.45) is 0 Å². The molecule has 0 fully saturated rings. The van der Waals surface area contributed by atoms with E-state index in [1.807, 2.05) is 0 Å². The predicted molar refractivity (Wildman–Crippen MR) is 85.7 cm³/mol. The number of halogens is 6. The van der Waals surface area contributed by atoms with E-state index in [2.05, 4.69) is 14.7 Å². The highest BCUT2D eigenvalue weighted by molar-refractivity contribution is 7.16. The van der Waals surface area contributed by atoms with Crippen LogP contribution >= 0.6 is 11.3 Å². The van der Waals surface area contributed by atoms with Crippen molar-refractivity contribution in [1.82, 2.24) is 14.4 Å². The molecule has 6 nitrogen and oxygen atoms in total. The SMILES string of the molecule is COc1ccn2c(=O)c(-c3ncc(OCC(F)(F)F)s3)c(C(F)(F)F)nc2c1. The smallest absolute Gasteiger partial charge is 0.434 e. The summed E-state index contributed by atoms with van der Waals surface area (Å²) in [4.78, 5) is 19.8. The fourth-order valence-electron chi connectivity index (χ4n) is 2.24. The number of aromatic nitrogens is 3. The van der Waals surface area contributed by atoms with E-state index in [1.54, 1.807) is 0 Å². The average molecular weight is 425 g/mol. The number of rotatable bonds is 4. The minimum absolute atomic E-state index is 0.185. The van der Waals surface area contributed by atoms with Gasteiger partial charge in [0.15, 0.2) is 17.4 Å². The van der Waals surface area contributed by atoms with Gasteiger partial charge in [-0.1, -0.05) is 11.3 Å². The van der Waals surface area contributed by atoms with Gasteiger partial charge in [-0.05, 0) is 6.07 Å². The van der Waals surface area contributed by atoms with Crippen molar-refractivity contribution in [1.29, 1.82) is 0 Å². The van der Waals surface area contributed by atoms with Gasteiger partial charge in [0.05, 0.1) is 13.3 Å². The number of fused-ring (bicyclic) bond motifs is 1. The van der Waals surface area contributed by atoms with Gasteiger partial charge in [-0.3, -0.25) is 9.20 Å². The first-order valence-electron chi connectivity index (χ1n) is 7.33. The van der Waals surface area contributed by atoms with Gasteiger partial charge in [0.25, 0.3) is 5.56 Å². The summed E-state index contributed by atoms with van der Waals surface area (Å²) in [6.45, 7) is -1.64. The van der Waals surface area contributed by atoms with Gasteiger partial charge in [-0.2, -0.15) is 26.3 Å². The molecule has 3 rings (SSSR count). The summed E-state index contributed by atoms with van der Waals surface area (Å²) in [6, 6.07) is 2.48. The third-order valence-electron chi connectivity index (χ3n) is 3.38. The highest BCUT2D eigenvalue weighted by Crippen LogP contribution is 2.37. The second kappa shape index (κ2) is 6.96. The quantitative estimate of drug-likeness (QED) is 0.596. The first kappa shape index (κ1) is 19.9. The molecule has 0 aliphatic heterocycles. The number of hydrogen-bond acceptors (Lipinski definition) is 6. The molecule has 3 aromatic heterocycles. The van der Waals surface area contributed by atoms with Crippen LogP contribution in [-0.2, 0) is 6.18 Å². The number of nitrogens with zero attached hydrogens (tertiary/aromatic N) is 3. The van der Waals surface area contributed by atoms with E-state index in [0.29, 0.717) is 11.3 Å². The van der Waals surface area contributed by atoms with Crippen LogP contribution in [0.25, 0.3) is 16.2 Å². The fourth-order valence-corrected chi connectivity index (χ4v) is 3.04. The lowest BCUT2D eigenvalue weighted by molar-refractivity contribution is -0.153. The van der Waals surface area contributed by atoms with E-state index in [0.717, 1.165) is 16.7 Å². The molecule has 13 heteroatoms. The Morgan fingerprint density at radius 1 is 1.21 bits per heavy atom. The Morgan fingerprint density at radius 2 is 1.93 bits per heavy atom. The molecule has 0 unspecified atom stereocenters. The van der Waals surface area contributed by atoms with Crippen LogP contribution in [0, 0.1) is 0 Å². The molecule has 150 valence electrons. The summed E-state index contributed by atoms with van der Waals surface area (Å²) in [7, 11) is 1.29. The number of hydrogen-bond donors (Lipinski definition) is 0. The molecular formula is C15H9F6N3O3S. The van der Waals surface area contributed by atoms with E-state index >= 15 is 0 Å². The van der Waals surface area contributed by atoms with Gasteiger partial charge in [0, 0.05) is 12.3 Å². The number of thiazole rings is 1. The summed E-state index contributed by atoms with van der Waals surface area (Å²) in [5, 5.41) is -0.855. The van der Waals surface area contributed by atoms with Crippen LogP contribution in [0.15, 0.2) is 29.3 Å². The second-order valence-electron chi connectivity index (χ2n) is 5.32. The first-order chi connectivity index (χ1) is 13.0. The normalized spacial score (nSPS) is 12.4. The third kappa shape index (κ3) is 4.03. The van der Waals surface area contributed by atoms with Crippen LogP contribution < -0.4 is 15.0 Å². The lowest BCUT2D eigenvalue weighted by Gasteiger charge is -2.12. The zero-order chi connectivity index (χ0) is 20.7. The van der Waals surface area contributed by atoms with Crippen LogP contribution in [0.3, 0.4) is 0 Å². The maximum Gasteiger partial charge on any atom is 0.434 e. The van der Waals surface area contributed by atoms with Gasteiger partial charge in [0.1, 0.15) is 22.0 Å². The number of methoxy groups -OCH3 is 1. The van der Waals surface area contributed by atoms with Gasteiger partial charge >= 0.3 is 12.4 Å². The molecule has 28 heavy (non-hydrogen) atoms. The van der Waals surface area contributed by atoms with Crippen LogP contribution in [-0.4, -0.2) is 34.3 Å². The van der Waals surface area contributed by atoms with E-state index in [9.17, 15) is 31.1 Å². The van der Waals surface area contributed by atoms with Crippen molar-refractivity contribution < 1.29 is 35.8 Å². The Morgan fingerprint density at radius 3 is 2.54 bits per heavy atom. The van der Waals surface area contributed by atoms with Crippen LogP contribution in [0.2, 0.25) is 0 Å². The molecule has 0 atom stereocenters. The molecule has 0 aliphatic rings. The van der Waals surface area contributed by atoms with Crippen molar-refractivity contribution in [2.75, 3.05) is 13.7 Å².